The Morgan fingerprint density at radius 3 is 1.37 bits per heavy atom. The lowest BCUT2D eigenvalue weighted by Crippen LogP contribution is -2.26. The summed E-state index contributed by atoms with van der Waals surface area (Å²) < 4.78 is 14.0. The molecule has 0 saturated carbocycles. The first-order valence-corrected chi connectivity index (χ1v) is 24.0. The number of nitrogens with zero attached hydrogens (tertiary/aromatic N) is 2. The Bertz CT molecular complexity index is 4180. The molecule has 68 heavy (non-hydrogen) atoms. The van der Waals surface area contributed by atoms with E-state index in [4.69, 9.17) is 8.83 Å². The van der Waals surface area contributed by atoms with Crippen molar-refractivity contribution >= 4 is 99.4 Å². The van der Waals surface area contributed by atoms with Gasteiger partial charge in [0.15, 0.2) is 0 Å². The average molecular weight is 887 g/mol. The molecular weight excluding hydrogens is 849 g/mol. The second-order valence-electron chi connectivity index (χ2n) is 18.0. The molecule has 2 aliphatic rings. The van der Waals surface area contributed by atoms with Gasteiger partial charge in [-0.3, -0.25) is 0 Å². The molecule has 1 unspecified atom stereocenters. The van der Waals surface area contributed by atoms with Crippen LogP contribution in [-0.2, 0) is 5.41 Å². The van der Waals surface area contributed by atoms with Crippen molar-refractivity contribution < 1.29 is 8.83 Å². The molecule has 2 aliphatic carbocycles. The van der Waals surface area contributed by atoms with E-state index >= 15 is 0 Å². The van der Waals surface area contributed by atoms with Crippen molar-refractivity contribution in [2.24, 2.45) is 0 Å². The van der Waals surface area contributed by atoms with E-state index in [9.17, 15) is 0 Å². The summed E-state index contributed by atoms with van der Waals surface area (Å²) in [5, 5.41) is 5.71. The molecule has 1 atom stereocenters. The minimum absolute atomic E-state index is 0.623. The van der Waals surface area contributed by atoms with Crippen LogP contribution < -0.4 is 9.80 Å². The molecule has 318 valence electrons. The highest BCUT2D eigenvalue weighted by Crippen LogP contribution is 2.67. The zero-order chi connectivity index (χ0) is 44.5. The molecule has 0 bridgehead atoms. The van der Waals surface area contributed by atoms with Crippen LogP contribution in [-0.4, -0.2) is 0 Å². The third kappa shape index (κ3) is 5.19. The lowest BCUT2D eigenvalue weighted by Gasteiger charge is -2.33. The fourth-order valence-electron chi connectivity index (χ4n) is 11.6. The van der Waals surface area contributed by atoms with Gasteiger partial charge in [0.05, 0.1) is 5.41 Å². The Hall–Kier alpha value is -8.64. The Balaban J connectivity index is 0.998. The topological polar surface area (TPSA) is 32.8 Å². The van der Waals surface area contributed by atoms with Gasteiger partial charge in [-0.25, -0.2) is 0 Å². The van der Waals surface area contributed by atoms with Gasteiger partial charge in [-0.2, -0.15) is 0 Å². The highest BCUT2D eigenvalue weighted by atomic mass is 32.1. The summed E-state index contributed by atoms with van der Waals surface area (Å²) in [6.07, 6.45) is 0. The zero-order valence-corrected chi connectivity index (χ0v) is 37.4. The first-order valence-electron chi connectivity index (χ1n) is 23.1. The number of rotatable bonds is 6. The molecule has 0 radical (unpaired) electrons. The molecule has 4 nitrogen and oxygen atoms in total. The van der Waals surface area contributed by atoms with Gasteiger partial charge in [0, 0.05) is 65.2 Å². The molecule has 0 aliphatic heterocycles. The molecule has 5 heteroatoms. The average Bonchev–Trinajstić information content (AvgIpc) is 4.20. The van der Waals surface area contributed by atoms with Crippen LogP contribution in [0.2, 0.25) is 0 Å². The smallest absolute Gasteiger partial charge is 0.135 e. The summed E-state index contributed by atoms with van der Waals surface area (Å²) in [7, 11) is 0. The number of hydrogen-bond donors (Lipinski definition) is 0. The third-order valence-corrected chi connectivity index (χ3v) is 15.6. The van der Waals surface area contributed by atoms with E-state index in [2.05, 4.69) is 216 Å². The number of para-hydroxylation sites is 4. The first kappa shape index (κ1) is 37.6. The van der Waals surface area contributed by atoms with Crippen LogP contribution in [0.3, 0.4) is 0 Å². The maximum Gasteiger partial charge on any atom is 0.135 e. The third-order valence-electron chi connectivity index (χ3n) is 14.4. The highest BCUT2D eigenvalue weighted by Gasteiger charge is 2.54. The Labute approximate surface area is 395 Å². The van der Waals surface area contributed by atoms with E-state index in [1.807, 2.05) is 35.6 Å². The Kier molecular flexibility index (Phi) is 7.83. The predicted octanol–water partition coefficient (Wildman–Crippen LogP) is 18.0. The lowest BCUT2D eigenvalue weighted by molar-refractivity contribution is 0.668. The van der Waals surface area contributed by atoms with Gasteiger partial charge in [-0.05, 0) is 147 Å². The maximum absolute atomic E-state index is 6.34. The maximum atomic E-state index is 6.34. The number of anilines is 6. The second-order valence-corrected chi connectivity index (χ2v) is 19.0. The lowest BCUT2D eigenvalue weighted by atomic mass is 9.70. The van der Waals surface area contributed by atoms with Crippen molar-refractivity contribution in [3.05, 3.63) is 253 Å². The first-order chi connectivity index (χ1) is 33.7. The number of fused-ring (bicyclic) bond motifs is 18. The van der Waals surface area contributed by atoms with Gasteiger partial charge in [0.2, 0.25) is 0 Å². The monoisotopic (exact) mass is 886 g/mol. The number of benzene rings is 10. The van der Waals surface area contributed by atoms with Crippen LogP contribution in [0.1, 0.15) is 22.3 Å². The fraction of sp³-hybridized carbons (Fsp3) is 0.0159. The molecule has 3 aromatic heterocycles. The molecule has 10 aromatic carbocycles. The molecule has 0 amide bonds. The van der Waals surface area contributed by atoms with E-state index in [-0.39, 0.29) is 0 Å². The van der Waals surface area contributed by atoms with Crippen LogP contribution in [0.4, 0.5) is 34.1 Å². The molecule has 15 rings (SSSR count). The summed E-state index contributed by atoms with van der Waals surface area (Å²) in [5.41, 5.74) is 18.4. The molecule has 13 aromatic rings. The van der Waals surface area contributed by atoms with Gasteiger partial charge < -0.3 is 18.6 Å². The fourth-order valence-corrected chi connectivity index (χ4v) is 12.9. The standard InChI is InChI=1S/C63H38N2O2S/c1-3-15-39(16-4-1)64(41-29-33-58-51(35-41)47-20-8-12-24-56(47)66-58)43-27-31-46-45-19-7-11-23-53(45)63(54(46)37-43)55-38-44(28-32-49(55)62-61(63)50-22-10-14-26-60(50)68-62)65(40-17-5-2-6-18-40)42-30-34-59-52(36-42)48-21-9-13-25-57(48)67-59/h1-38H. The van der Waals surface area contributed by atoms with Crippen molar-refractivity contribution in [1.29, 1.82) is 0 Å². The van der Waals surface area contributed by atoms with E-state index in [1.54, 1.807) is 0 Å². The van der Waals surface area contributed by atoms with E-state index < -0.39 is 5.41 Å². The molecule has 1 spiro atoms. The van der Waals surface area contributed by atoms with Crippen LogP contribution in [0.5, 0.6) is 0 Å². The van der Waals surface area contributed by atoms with Crippen LogP contribution in [0, 0.1) is 0 Å². The van der Waals surface area contributed by atoms with Crippen molar-refractivity contribution in [2.75, 3.05) is 9.80 Å². The summed E-state index contributed by atoms with van der Waals surface area (Å²) >= 11 is 1.91. The number of thiophene rings is 1. The minimum Gasteiger partial charge on any atom is -0.456 e. The minimum atomic E-state index is -0.623. The molecule has 0 saturated heterocycles. The van der Waals surface area contributed by atoms with E-state index in [1.165, 1.54) is 53.9 Å². The van der Waals surface area contributed by atoms with E-state index in [0.29, 0.717) is 0 Å². The van der Waals surface area contributed by atoms with Crippen molar-refractivity contribution in [2.45, 2.75) is 5.41 Å². The van der Waals surface area contributed by atoms with Gasteiger partial charge in [0.25, 0.3) is 0 Å². The van der Waals surface area contributed by atoms with Crippen molar-refractivity contribution in [3.63, 3.8) is 0 Å². The van der Waals surface area contributed by atoms with Gasteiger partial charge in [0.1, 0.15) is 22.3 Å². The molecule has 0 fully saturated rings. The Morgan fingerprint density at radius 2 is 0.750 bits per heavy atom. The molecule has 0 N–H and O–H groups in total. The van der Waals surface area contributed by atoms with Gasteiger partial charge >= 0.3 is 0 Å². The van der Waals surface area contributed by atoms with Crippen molar-refractivity contribution in [3.8, 4) is 21.6 Å². The zero-order valence-electron chi connectivity index (χ0n) is 36.6. The quantitative estimate of drug-likeness (QED) is 0.167. The summed E-state index contributed by atoms with van der Waals surface area (Å²) in [6.45, 7) is 0. The van der Waals surface area contributed by atoms with Crippen LogP contribution >= 0.6 is 11.3 Å². The number of hydrogen-bond acceptors (Lipinski definition) is 5. The molecular formula is C63H38N2O2S. The largest absolute Gasteiger partial charge is 0.456 e. The van der Waals surface area contributed by atoms with Crippen LogP contribution in [0.15, 0.2) is 239 Å². The van der Waals surface area contributed by atoms with Gasteiger partial charge in [-0.1, -0.05) is 127 Å². The van der Waals surface area contributed by atoms with Gasteiger partial charge in [-0.15, -0.1) is 11.3 Å². The number of furan rings is 2. The SMILES string of the molecule is c1ccc(N(c2ccc3c(c2)C2(c4ccccc4-3)c3cc(N(c4ccccc4)c4ccc5oc6ccccc6c5c4)ccc3-c3sc4ccccc4c32)c2ccc3oc4ccccc4c3c2)cc1. The summed E-state index contributed by atoms with van der Waals surface area (Å²) in [4.78, 5) is 6.14. The van der Waals surface area contributed by atoms with E-state index in [0.717, 1.165) is 78.0 Å². The summed E-state index contributed by atoms with van der Waals surface area (Å²) in [6, 6.07) is 83.9. The van der Waals surface area contributed by atoms with Crippen LogP contribution in [0.25, 0.3) is 75.5 Å². The normalized spacial score (nSPS) is 14.5. The second kappa shape index (κ2) is 14.2. The highest BCUT2D eigenvalue weighted by molar-refractivity contribution is 7.22. The summed E-state index contributed by atoms with van der Waals surface area (Å²) in [5.74, 6) is 0. The van der Waals surface area contributed by atoms with Crippen molar-refractivity contribution in [1.82, 2.24) is 0 Å². The Morgan fingerprint density at radius 1 is 0.309 bits per heavy atom. The predicted molar refractivity (Wildman–Crippen MR) is 282 cm³/mol. The molecule has 3 heterocycles.